The summed E-state index contributed by atoms with van der Waals surface area (Å²) >= 11 is 3.11. The molecule has 0 aliphatic heterocycles. The Hall–Kier alpha value is -1.17. The van der Waals surface area contributed by atoms with E-state index in [0.717, 1.165) is 12.5 Å². The Morgan fingerprint density at radius 2 is 1.95 bits per heavy atom. The van der Waals surface area contributed by atoms with Gasteiger partial charge in [-0.1, -0.05) is 19.3 Å². The Balaban J connectivity index is 2.73. The van der Waals surface area contributed by atoms with Crippen LogP contribution in [0.5, 0.6) is 5.75 Å². The van der Waals surface area contributed by atoms with E-state index in [1.807, 2.05) is 0 Å². The predicted octanol–water partition coefficient (Wildman–Crippen LogP) is 4.02. The van der Waals surface area contributed by atoms with E-state index in [4.69, 9.17) is 4.74 Å². The van der Waals surface area contributed by atoms with Gasteiger partial charge in [0.05, 0.1) is 22.6 Å². The van der Waals surface area contributed by atoms with Gasteiger partial charge < -0.3 is 9.84 Å². The smallest absolute Gasteiger partial charge is 0.314 e. The van der Waals surface area contributed by atoms with Crippen molar-refractivity contribution in [1.82, 2.24) is 0 Å². The number of hydrogen-bond acceptors (Lipinski definition) is 2. The Kier molecular flexibility index (Phi) is 4.32. The maximum atomic E-state index is 14.3. The number of carbonyl (C=O) groups is 1. The van der Waals surface area contributed by atoms with Crippen molar-refractivity contribution in [3.63, 3.8) is 0 Å². The second-order valence-electron chi connectivity index (χ2n) is 5.01. The number of hydrogen-bond donors (Lipinski definition) is 1. The molecule has 0 aromatic heterocycles. The van der Waals surface area contributed by atoms with Gasteiger partial charge in [-0.05, 0) is 34.8 Å². The van der Waals surface area contributed by atoms with Crippen LogP contribution in [0.1, 0.15) is 37.7 Å². The maximum absolute atomic E-state index is 14.3. The molecular weight excluding hydrogens is 334 g/mol. The summed E-state index contributed by atoms with van der Waals surface area (Å²) < 4.78 is 33.3. The van der Waals surface area contributed by atoms with Gasteiger partial charge in [0.1, 0.15) is 5.75 Å². The van der Waals surface area contributed by atoms with Crippen LogP contribution >= 0.6 is 15.9 Å². The Morgan fingerprint density at radius 3 is 2.45 bits per heavy atom. The molecule has 0 saturated heterocycles. The van der Waals surface area contributed by atoms with Gasteiger partial charge in [0, 0.05) is 0 Å². The van der Waals surface area contributed by atoms with Crippen molar-refractivity contribution in [3.8, 4) is 5.75 Å². The minimum absolute atomic E-state index is 0.0631. The molecule has 6 heteroatoms. The van der Waals surface area contributed by atoms with Gasteiger partial charge in [-0.3, -0.25) is 4.79 Å². The van der Waals surface area contributed by atoms with E-state index in [9.17, 15) is 18.7 Å². The highest BCUT2D eigenvalue weighted by atomic mass is 79.9. The molecule has 1 saturated carbocycles. The molecule has 0 spiro atoms. The fourth-order valence-electron chi connectivity index (χ4n) is 2.93. The highest BCUT2D eigenvalue weighted by Crippen LogP contribution is 2.47. The van der Waals surface area contributed by atoms with E-state index < -0.39 is 23.0 Å². The lowest BCUT2D eigenvalue weighted by Gasteiger charge is -2.35. The van der Waals surface area contributed by atoms with Crippen LogP contribution in [0, 0.1) is 11.6 Å². The van der Waals surface area contributed by atoms with Crippen LogP contribution in [0.4, 0.5) is 8.78 Å². The molecule has 1 aliphatic rings. The monoisotopic (exact) mass is 348 g/mol. The normalized spacial score (nSPS) is 17.8. The average Bonchev–Trinajstić information content (AvgIpc) is 2.43. The summed E-state index contributed by atoms with van der Waals surface area (Å²) in [5, 5.41) is 9.61. The van der Waals surface area contributed by atoms with E-state index in [2.05, 4.69) is 15.9 Å². The fourth-order valence-corrected chi connectivity index (χ4v) is 3.49. The summed E-state index contributed by atoms with van der Waals surface area (Å²) in [6, 6.07) is 0.954. The molecule has 1 N–H and O–H groups in total. The van der Waals surface area contributed by atoms with Crippen molar-refractivity contribution >= 4 is 21.9 Å². The standard InChI is InChI=1S/C14H15BrF2O3/c1-20-12-8(15)7-9(16)11(17)10(12)14(13(18)19)5-3-2-4-6-14/h7H,2-6H2,1H3,(H,18,19). The maximum Gasteiger partial charge on any atom is 0.314 e. The van der Waals surface area contributed by atoms with Gasteiger partial charge >= 0.3 is 5.97 Å². The fraction of sp³-hybridized carbons (Fsp3) is 0.500. The zero-order valence-electron chi connectivity index (χ0n) is 11.0. The van der Waals surface area contributed by atoms with Gasteiger partial charge in [-0.15, -0.1) is 0 Å². The number of ether oxygens (including phenoxy) is 1. The number of benzene rings is 1. The third-order valence-corrected chi connectivity index (χ3v) is 4.51. The molecule has 0 radical (unpaired) electrons. The van der Waals surface area contributed by atoms with Crippen molar-refractivity contribution in [2.24, 2.45) is 0 Å². The molecule has 110 valence electrons. The predicted molar refractivity (Wildman–Crippen MR) is 73.0 cm³/mol. The summed E-state index contributed by atoms with van der Waals surface area (Å²) in [6.45, 7) is 0. The quantitative estimate of drug-likeness (QED) is 0.839. The Morgan fingerprint density at radius 1 is 1.35 bits per heavy atom. The van der Waals surface area contributed by atoms with E-state index in [1.165, 1.54) is 7.11 Å². The van der Waals surface area contributed by atoms with Crippen LogP contribution in [-0.4, -0.2) is 18.2 Å². The first kappa shape index (κ1) is 15.2. The third-order valence-electron chi connectivity index (χ3n) is 3.93. The summed E-state index contributed by atoms with van der Waals surface area (Å²) in [5.74, 6) is -3.27. The lowest BCUT2D eigenvalue weighted by Crippen LogP contribution is -2.39. The van der Waals surface area contributed by atoms with E-state index in [1.54, 1.807) is 0 Å². The van der Waals surface area contributed by atoms with E-state index >= 15 is 0 Å². The summed E-state index contributed by atoms with van der Waals surface area (Å²) in [6.07, 6.45) is 2.80. The van der Waals surface area contributed by atoms with Crippen molar-refractivity contribution in [2.45, 2.75) is 37.5 Å². The zero-order chi connectivity index (χ0) is 14.9. The molecule has 0 heterocycles. The lowest BCUT2D eigenvalue weighted by molar-refractivity contribution is -0.145. The third kappa shape index (κ3) is 2.30. The molecule has 0 atom stereocenters. The highest BCUT2D eigenvalue weighted by molar-refractivity contribution is 9.10. The molecule has 0 amide bonds. The van der Waals surface area contributed by atoms with Crippen LogP contribution in [0.2, 0.25) is 0 Å². The first-order valence-corrected chi connectivity index (χ1v) is 7.18. The summed E-state index contributed by atoms with van der Waals surface area (Å²) in [5.41, 5.74) is -1.60. The van der Waals surface area contributed by atoms with Crippen molar-refractivity contribution < 1.29 is 23.4 Å². The molecule has 0 bridgehead atoms. The van der Waals surface area contributed by atoms with Gasteiger partial charge in [-0.2, -0.15) is 0 Å². The first-order chi connectivity index (χ1) is 9.44. The molecule has 1 aromatic carbocycles. The second kappa shape index (κ2) is 5.68. The number of carboxylic acids is 1. The second-order valence-corrected chi connectivity index (χ2v) is 5.86. The molecule has 0 unspecified atom stereocenters. The highest BCUT2D eigenvalue weighted by Gasteiger charge is 2.46. The number of carboxylic acid groups (broad SMARTS) is 1. The van der Waals surface area contributed by atoms with E-state index in [-0.39, 0.29) is 28.6 Å². The minimum atomic E-state index is -1.42. The van der Waals surface area contributed by atoms with Crippen molar-refractivity contribution in [2.75, 3.05) is 7.11 Å². The molecule has 1 aliphatic carbocycles. The average molecular weight is 349 g/mol. The van der Waals surface area contributed by atoms with Gasteiger partial charge in [0.25, 0.3) is 0 Å². The Labute approximate surface area is 124 Å². The minimum Gasteiger partial charge on any atom is -0.495 e. The zero-order valence-corrected chi connectivity index (χ0v) is 12.6. The van der Waals surface area contributed by atoms with Gasteiger partial charge in [-0.25, -0.2) is 8.78 Å². The molecule has 2 rings (SSSR count). The molecule has 1 aromatic rings. The molecule has 1 fully saturated rings. The number of methoxy groups -OCH3 is 1. The van der Waals surface area contributed by atoms with Gasteiger partial charge in [0.2, 0.25) is 0 Å². The summed E-state index contributed by atoms with van der Waals surface area (Å²) in [7, 11) is 1.32. The van der Waals surface area contributed by atoms with Crippen molar-refractivity contribution in [1.29, 1.82) is 0 Å². The lowest BCUT2D eigenvalue weighted by atomic mass is 9.69. The largest absolute Gasteiger partial charge is 0.495 e. The topological polar surface area (TPSA) is 46.5 Å². The number of aliphatic carboxylic acids is 1. The molecule has 3 nitrogen and oxygen atoms in total. The SMILES string of the molecule is COc1c(Br)cc(F)c(F)c1C1(C(=O)O)CCCCC1. The summed E-state index contributed by atoms with van der Waals surface area (Å²) in [4.78, 5) is 11.8. The van der Waals surface area contributed by atoms with Crippen LogP contribution in [-0.2, 0) is 10.2 Å². The number of rotatable bonds is 3. The number of halogens is 3. The first-order valence-electron chi connectivity index (χ1n) is 6.39. The van der Waals surface area contributed by atoms with Crippen LogP contribution in [0.25, 0.3) is 0 Å². The van der Waals surface area contributed by atoms with Crippen LogP contribution in [0.3, 0.4) is 0 Å². The van der Waals surface area contributed by atoms with Gasteiger partial charge in [0.15, 0.2) is 11.6 Å². The van der Waals surface area contributed by atoms with Crippen molar-refractivity contribution in [3.05, 3.63) is 27.7 Å². The molecular formula is C14H15BrF2O3. The van der Waals surface area contributed by atoms with E-state index in [0.29, 0.717) is 12.8 Å². The molecule has 20 heavy (non-hydrogen) atoms. The van der Waals surface area contributed by atoms with Crippen LogP contribution in [0.15, 0.2) is 10.5 Å². The van der Waals surface area contributed by atoms with Crippen LogP contribution < -0.4 is 4.74 Å². The Bertz CT molecular complexity index is 540.